The number of nitrogens with one attached hydrogen (secondary N) is 1. The number of rotatable bonds is 4. The van der Waals surface area contributed by atoms with Gasteiger partial charge >= 0.3 is 0 Å². The van der Waals surface area contributed by atoms with Crippen LogP contribution in [0.3, 0.4) is 0 Å². The van der Waals surface area contributed by atoms with Gasteiger partial charge in [0.15, 0.2) is 0 Å². The zero-order valence-electron chi connectivity index (χ0n) is 12.6. The molecule has 0 heterocycles. The van der Waals surface area contributed by atoms with Gasteiger partial charge in [-0.15, -0.1) is 0 Å². The number of carbonyl (C=O) groups excluding carboxylic acids is 1. The molecule has 1 amide bonds. The summed E-state index contributed by atoms with van der Waals surface area (Å²) in [6.45, 7) is 2.73. The lowest BCUT2D eigenvalue weighted by molar-refractivity contribution is -0.140. The van der Waals surface area contributed by atoms with E-state index in [0.29, 0.717) is 36.1 Å². The molecule has 112 valence electrons. The maximum absolute atomic E-state index is 12.9. The van der Waals surface area contributed by atoms with Crippen molar-refractivity contribution in [3.8, 4) is 0 Å². The summed E-state index contributed by atoms with van der Waals surface area (Å²) in [5, 5.41) is 3.37. The zero-order chi connectivity index (χ0) is 13.9. The Labute approximate surface area is 122 Å². The molecule has 1 unspecified atom stereocenters. The normalized spacial score (nSPS) is 45.2. The summed E-state index contributed by atoms with van der Waals surface area (Å²) in [5.41, 5.74) is 5.81. The van der Waals surface area contributed by atoms with Crippen molar-refractivity contribution in [1.82, 2.24) is 5.32 Å². The standard InChI is InChI=1S/C17H28N2O/c1-17(9-18,14-2-3-14)19-16(20)15-12-5-10-4-11(7-12)8-13(15)6-10/h10-15H,2-9,18H2,1H3,(H,19,20). The summed E-state index contributed by atoms with van der Waals surface area (Å²) in [4.78, 5) is 12.9. The molecular weight excluding hydrogens is 248 g/mol. The monoisotopic (exact) mass is 276 g/mol. The van der Waals surface area contributed by atoms with Gasteiger partial charge in [0.2, 0.25) is 5.91 Å². The summed E-state index contributed by atoms with van der Waals surface area (Å²) in [5.74, 6) is 4.47. The second-order valence-corrected chi connectivity index (χ2v) is 8.34. The third kappa shape index (κ3) is 2.01. The van der Waals surface area contributed by atoms with Crippen LogP contribution in [0.4, 0.5) is 0 Å². The van der Waals surface area contributed by atoms with Crippen LogP contribution in [0.15, 0.2) is 0 Å². The number of carbonyl (C=O) groups is 1. The van der Waals surface area contributed by atoms with Crippen molar-refractivity contribution in [3.63, 3.8) is 0 Å². The highest BCUT2D eigenvalue weighted by atomic mass is 16.2. The van der Waals surface area contributed by atoms with E-state index in [0.717, 1.165) is 11.8 Å². The Morgan fingerprint density at radius 1 is 1.10 bits per heavy atom. The van der Waals surface area contributed by atoms with Gasteiger partial charge in [-0.05, 0) is 81.5 Å². The average Bonchev–Trinajstić information content (AvgIpc) is 3.21. The van der Waals surface area contributed by atoms with E-state index in [-0.39, 0.29) is 5.54 Å². The lowest BCUT2D eigenvalue weighted by Crippen LogP contribution is -2.58. The fraction of sp³-hybridized carbons (Fsp3) is 0.941. The highest BCUT2D eigenvalue weighted by Crippen LogP contribution is 2.56. The maximum Gasteiger partial charge on any atom is 0.224 e. The van der Waals surface area contributed by atoms with Crippen molar-refractivity contribution in [3.05, 3.63) is 0 Å². The van der Waals surface area contributed by atoms with E-state index < -0.39 is 0 Å². The molecule has 5 aliphatic carbocycles. The Morgan fingerprint density at radius 3 is 2.10 bits per heavy atom. The van der Waals surface area contributed by atoms with Gasteiger partial charge in [0.1, 0.15) is 0 Å². The van der Waals surface area contributed by atoms with E-state index >= 15 is 0 Å². The third-order valence-corrected chi connectivity index (χ3v) is 6.84. The molecule has 0 radical (unpaired) electrons. The predicted octanol–water partition coefficient (Wildman–Crippen LogP) is 2.30. The molecule has 0 aromatic heterocycles. The Balaban J connectivity index is 1.48. The van der Waals surface area contributed by atoms with Gasteiger partial charge in [-0.25, -0.2) is 0 Å². The van der Waals surface area contributed by atoms with Crippen LogP contribution in [0.2, 0.25) is 0 Å². The summed E-state index contributed by atoms with van der Waals surface area (Å²) >= 11 is 0. The molecule has 5 saturated carbocycles. The zero-order valence-corrected chi connectivity index (χ0v) is 12.6. The number of amides is 1. The van der Waals surface area contributed by atoms with Crippen LogP contribution in [0.5, 0.6) is 0 Å². The first-order valence-corrected chi connectivity index (χ1v) is 8.61. The summed E-state index contributed by atoms with van der Waals surface area (Å²) in [6, 6.07) is 0. The molecule has 3 heteroatoms. The van der Waals surface area contributed by atoms with E-state index in [1.807, 2.05) is 0 Å². The van der Waals surface area contributed by atoms with Gasteiger partial charge in [0.05, 0.1) is 5.54 Å². The average molecular weight is 276 g/mol. The van der Waals surface area contributed by atoms with Crippen LogP contribution >= 0.6 is 0 Å². The van der Waals surface area contributed by atoms with E-state index in [1.165, 1.54) is 44.9 Å². The van der Waals surface area contributed by atoms with Crippen LogP contribution < -0.4 is 11.1 Å². The quantitative estimate of drug-likeness (QED) is 0.828. The molecule has 3 nitrogen and oxygen atoms in total. The number of hydrogen-bond donors (Lipinski definition) is 2. The number of hydrogen-bond acceptors (Lipinski definition) is 2. The fourth-order valence-corrected chi connectivity index (χ4v) is 5.76. The van der Waals surface area contributed by atoms with E-state index in [4.69, 9.17) is 5.73 Å². The van der Waals surface area contributed by atoms with Crippen molar-refractivity contribution in [1.29, 1.82) is 0 Å². The molecule has 5 rings (SSSR count). The lowest BCUT2D eigenvalue weighted by atomic mass is 9.51. The Kier molecular flexibility index (Phi) is 2.93. The molecule has 5 fully saturated rings. The predicted molar refractivity (Wildman–Crippen MR) is 78.9 cm³/mol. The van der Waals surface area contributed by atoms with Crippen molar-refractivity contribution < 1.29 is 4.79 Å². The van der Waals surface area contributed by atoms with Crippen LogP contribution in [0.25, 0.3) is 0 Å². The van der Waals surface area contributed by atoms with Crippen molar-refractivity contribution >= 4 is 5.91 Å². The van der Waals surface area contributed by atoms with Crippen LogP contribution in [0.1, 0.15) is 51.9 Å². The first kappa shape index (κ1) is 13.1. The van der Waals surface area contributed by atoms with Crippen molar-refractivity contribution in [2.45, 2.75) is 57.4 Å². The molecule has 4 bridgehead atoms. The molecule has 5 aliphatic rings. The van der Waals surface area contributed by atoms with Crippen molar-refractivity contribution in [2.24, 2.45) is 41.2 Å². The molecule has 1 atom stereocenters. The van der Waals surface area contributed by atoms with Crippen LogP contribution in [0, 0.1) is 35.5 Å². The SMILES string of the molecule is CC(CN)(NC(=O)C1C2CC3CC(C2)CC1C3)C1CC1. The molecule has 0 saturated heterocycles. The molecule has 3 N–H and O–H groups in total. The Hall–Kier alpha value is -0.570. The van der Waals surface area contributed by atoms with E-state index in [2.05, 4.69) is 12.2 Å². The Bertz CT molecular complexity index is 389. The first-order chi connectivity index (χ1) is 9.59. The molecule has 0 spiro atoms. The van der Waals surface area contributed by atoms with Gasteiger partial charge in [-0.1, -0.05) is 0 Å². The maximum atomic E-state index is 12.9. The third-order valence-electron chi connectivity index (χ3n) is 6.84. The topological polar surface area (TPSA) is 55.1 Å². The van der Waals surface area contributed by atoms with E-state index in [1.54, 1.807) is 0 Å². The number of nitrogens with two attached hydrogens (primary N) is 1. The summed E-state index contributed by atoms with van der Waals surface area (Å²) < 4.78 is 0. The second kappa shape index (κ2) is 4.46. The molecular formula is C17H28N2O. The van der Waals surface area contributed by atoms with Crippen LogP contribution in [-0.4, -0.2) is 18.0 Å². The fourth-order valence-electron chi connectivity index (χ4n) is 5.76. The highest BCUT2D eigenvalue weighted by molar-refractivity contribution is 5.80. The summed E-state index contributed by atoms with van der Waals surface area (Å²) in [6.07, 6.45) is 9.17. The molecule has 0 aromatic rings. The van der Waals surface area contributed by atoms with Gasteiger partial charge in [-0.3, -0.25) is 4.79 Å². The smallest absolute Gasteiger partial charge is 0.224 e. The molecule has 0 aromatic carbocycles. The largest absolute Gasteiger partial charge is 0.349 e. The first-order valence-electron chi connectivity index (χ1n) is 8.61. The highest BCUT2D eigenvalue weighted by Gasteiger charge is 2.52. The van der Waals surface area contributed by atoms with E-state index in [9.17, 15) is 4.79 Å². The van der Waals surface area contributed by atoms with Gasteiger partial charge in [0, 0.05) is 12.5 Å². The molecule has 0 aliphatic heterocycles. The van der Waals surface area contributed by atoms with Gasteiger partial charge in [0.25, 0.3) is 0 Å². The minimum Gasteiger partial charge on any atom is -0.349 e. The van der Waals surface area contributed by atoms with Crippen LogP contribution in [-0.2, 0) is 4.79 Å². The second-order valence-electron chi connectivity index (χ2n) is 8.34. The molecule has 20 heavy (non-hydrogen) atoms. The van der Waals surface area contributed by atoms with Gasteiger partial charge < -0.3 is 11.1 Å². The summed E-state index contributed by atoms with van der Waals surface area (Å²) in [7, 11) is 0. The lowest BCUT2D eigenvalue weighted by Gasteiger charge is -2.54. The minimum absolute atomic E-state index is 0.147. The Morgan fingerprint density at radius 2 is 1.65 bits per heavy atom. The van der Waals surface area contributed by atoms with Crippen molar-refractivity contribution in [2.75, 3.05) is 6.54 Å². The van der Waals surface area contributed by atoms with Gasteiger partial charge in [-0.2, -0.15) is 0 Å². The minimum atomic E-state index is -0.147.